The Balaban J connectivity index is 2.54. The van der Waals surface area contributed by atoms with Crippen LogP contribution in [0, 0.1) is 5.92 Å². The molecule has 2 atom stereocenters. The first-order chi connectivity index (χ1) is 9.04. The summed E-state index contributed by atoms with van der Waals surface area (Å²) in [5.74, 6) is 0.662. The molecule has 19 heavy (non-hydrogen) atoms. The van der Waals surface area contributed by atoms with Gasteiger partial charge in [-0.3, -0.25) is 9.69 Å². The number of nitrogens with zero attached hydrogens (tertiary/aromatic N) is 1. The summed E-state index contributed by atoms with van der Waals surface area (Å²) in [5.41, 5.74) is 0. The van der Waals surface area contributed by atoms with E-state index < -0.39 is 0 Å². The van der Waals surface area contributed by atoms with Gasteiger partial charge >= 0.3 is 0 Å². The summed E-state index contributed by atoms with van der Waals surface area (Å²) in [6, 6.07) is 0.457. The highest BCUT2D eigenvalue weighted by Gasteiger charge is 2.25. The fraction of sp³-hybridized carbons (Fsp3) is 0.800. The fourth-order valence-electron chi connectivity index (χ4n) is 2.54. The van der Waals surface area contributed by atoms with Crippen molar-refractivity contribution in [2.45, 2.75) is 45.7 Å². The van der Waals surface area contributed by atoms with Gasteiger partial charge in [-0.25, -0.2) is 0 Å². The Kier molecular flexibility index (Phi) is 7.10. The van der Waals surface area contributed by atoms with Gasteiger partial charge in [-0.1, -0.05) is 19.9 Å². The van der Waals surface area contributed by atoms with Crippen molar-refractivity contribution in [3.05, 3.63) is 12.7 Å². The first-order valence-electron chi connectivity index (χ1n) is 7.40. The van der Waals surface area contributed by atoms with Crippen LogP contribution in [-0.2, 0) is 4.79 Å². The lowest BCUT2D eigenvalue weighted by molar-refractivity contribution is -0.126. The summed E-state index contributed by atoms with van der Waals surface area (Å²) in [6.07, 6.45) is 4.18. The molecule has 2 N–H and O–H groups in total. The van der Waals surface area contributed by atoms with Gasteiger partial charge < -0.3 is 10.6 Å². The number of carbonyl (C=O) groups excluding carboxylic acids is 1. The molecule has 110 valence electrons. The van der Waals surface area contributed by atoms with Crippen LogP contribution in [0.5, 0.6) is 0 Å². The Morgan fingerprint density at radius 2 is 2.26 bits per heavy atom. The molecule has 0 bridgehead atoms. The molecule has 0 radical (unpaired) electrons. The van der Waals surface area contributed by atoms with Crippen LogP contribution in [0.15, 0.2) is 12.7 Å². The molecule has 1 amide bonds. The smallest absolute Gasteiger partial charge is 0.237 e. The molecular weight excluding hydrogens is 238 g/mol. The van der Waals surface area contributed by atoms with E-state index in [2.05, 4.69) is 36.0 Å². The molecule has 1 aliphatic rings. The highest BCUT2D eigenvalue weighted by molar-refractivity contribution is 5.81. The second-order valence-electron chi connectivity index (χ2n) is 5.85. The van der Waals surface area contributed by atoms with E-state index in [1.54, 1.807) is 6.08 Å². The lowest BCUT2D eigenvalue weighted by Crippen LogP contribution is -2.50. The molecule has 4 nitrogen and oxygen atoms in total. The maximum absolute atomic E-state index is 12.1. The van der Waals surface area contributed by atoms with E-state index >= 15 is 0 Å². The van der Waals surface area contributed by atoms with Crippen molar-refractivity contribution < 1.29 is 4.79 Å². The lowest BCUT2D eigenvalue weighted by Gasteiger charge is -2.32. The van der Waals surface area contributed by atoms with Gasteiger partial charge in [-0.15, -0.1) is 6.58 Å². The standard InChI is InChI=1S/C15H29N3O/c1-5-8-17-15(19)13(4)18(10-12(2)3)11-14-7-6-9-16-14/h5,12-14,16H,1,6-11H2,2-4H3,(H,17,19). The molecule has 0 aliphatic carbocycles. The molecular formula is C15H29N3O. The van der Waals surface area contributed by atoms with Crippen molar-refractivity contribution in [1.29, 1.82) is 0 Å². The van der Waals surface area contributed by atoms with E-state index in [1.807, 2.05) is 6.92 Å². The molecule has 1 heterocycles. The van der Waals surface area contributed by atoms with Gasteiger partial charge in [0.15, 0.2) is 0 Å². The second kappa shape index (κ2) is 8.33. The first kappa shape index (κ1) is 16.2. The van der Waals surface area contributed by atoms with E-state index in [4.69, 9.17) is 0 Å². The summed E-state index contributed by atoms with van der Waals surface area (Å²) >= 11 is 0. The number of rotatable bonds is 8. The topological polar surface area (TPSA) is 44.4 Å². The Hall–Kier alpha value is -0.870. The van der Waals surface area contributed by atoms with Crippen LogP contribution in [0.4, 0.5) is 0 Å². The molecule has 0 aromatic carbocycles. The third kappa shape index (κ3) is 5.74. The van der Waals surface area contributed by atoms with Crippen molar-refractivity contribution in [3.63, 3.8) is 0 Å². The van der Waals surface area contributed by atoms with Crippen LogP contribution in [-0.4, -0.2) is 49.1 Å². The zero-order chi connectivity index (χ0) is 14.3. The molecule has 0 aromatic heterocycles. The number of hydrogen-bond acceptors (Lipinski definition) is 3. The lowest BCUT2D eigenvalue weighted by atomic mass is 10.1. The first-order valence-corrected chi connectivity index (χ1v) is 7.40. The van der Waals surface area contributed by atoms with Gasteiger partial charge in [-0.2, -0.15) is 0 Å². The Morgan fingerprint density at radius 3 is 2.79 bits per heavy atom. The monoisotopic (exact) mass is 267 g/mol. The maximum atomic E-state index is 12.1. The Morgan fingerprint density at radius 1 is 1.53 bits per heavy atom. The second-order valence-corrected chi connectivity index (χ2v) is 5.85. The van der Waals surface area contributed by atoms with Crippen LogP contribution < -0.4 is 10.6 Å². The molecule has 0 aromatic rings. The largest absolute Gasteiger partial charge is 0.351 e. The third-order valence-electron chi connectivity index (χ3n) is 3.56. The van der Waals surface area contributed by atoms with Gasteiger partial charge in [-0.05, 0) is 32.2 Å². The van der Waals surface area contributed by atoms with Crippen molar-refractivity contribution in [2.75, 3.05) is 26.2 Å². The minimum atomic E-state index is -0.0789. The molecule has 0 spiro atoms. The maximum Gasteiger partial charge on any atom is 0.237 e. The molecule has 4 heteroatoms. The van der Waals surface area contributed by atoms with Crippen LogP contribution in [0.2, 0.25) is 0 Å². The average molecular weight is 267 g/mol. The van der Waals surface area contributed by atoms with Gasteiger partial charge in [0.1, 0.15) is 0 Å². The normalized spacial score (nSPS) is 20.8. The van der Waals surface area contributed by atoms with Crippen molar-refractivity contribution in [1.82, 2.24) is 15.5 Å². The van der Waals surface area contributed by atoms with Gasteiger partial charge in [0, 0.05) is 25.7 Å². The Labute approximate surface area is 117 Å². The molecule has 1 saturated heterocycles. The number of nitrogens with one attached hydrogen (secondary N) is 2. The van der Waals surface area contributed by atoms with Gasteiger partial charge in [0.25, 0.3) is 0 Å². The number of carbonyl (C=O) groups is 1. The summed E-state index contributed by atoms with van der Waals surface area (Å²) in [5, 5.41) is 6.40. The molecule has 0 saturated carbocycles. The van der Waals surface area contributed by atoms with Crippen LogP contribution in [0.25, 0.3) is 0 Å². The van der Waals surface area contributed by atoms with Crippen molar-refractivity contribution in [3.8, 4) is 0 Å². The molecule has 1 fully saturated rings. The minimum absolute atomic E-state index is 0.0789. The minimum Gasteiger partial charge on any atom is -0.351 e. The fourth-order valence-corrected chi connectivity index (χ4v) is 2.54. The van der Waals surface area contributed by atoms with Crippen LogP contribution >= 0.6 is 0 Å². The quantitative estimate of drug-likeness (QED) is 0.653. The zero-order valence-electron chi connectivity index (χ0n) is 12.6. The van der Waals surface area contributed by atoms with E-state index in [0.29, 0.717) is 18.5 Å². The molecule has 1 aliphatic heterocycles. The van der Waals surface area contributed by atoms with Crippen LogP contribution in [0.1, 0.15) is 33.6 Å². The van der Waals surface area contributed by atoms with Crippen molar-refractivity contribution in [2.24, 2.45) is 5.92 Å². The van der Waals surface area contributed by atoms with Crippen molar-refractivity contribution >= 4 is 5.91 Å². The van der Waals surface area contributed by atoms with Gasteiger partial charge in [0.2, 0.25) is 5.91 Å². The number of amides is 1. The number of hydrogen-bond donors (Lipinski definition) is 2. The zero-order valence-corrected chi connectivity index (χ0v) is 12.6. The SMILES string of the molecule is C=CCNC(=O)C(C)N(CC(C)C)CC1CCCN1. The van der Waals surface area contributed by atoms with E-state index in [1.165, 1.54) is 12.8 Å². The van der Waals surface area contributed by atoms with Crippen LogP contribution in [0.3, 0.4) is 0 Å². The predicted octanol–water partition coefficient (Wildman–Crippen LogP) is 1.39. The summed E-state index contributed by atoms with van der Waals surface area (Å²) in [4.78, 5) is 14.4. The van der Waals surface area contributed by atoms with Gasteiger partial charge in [0.05, 0.1) is 6.04 Å². The third-order valence-corrected chi connectivity index (χ3v) is 3.56. The summed E-state index contributed by atoms with van der Waals surface area (Å²) in [7, 11) is 0. The van der Waals surface area contributed by atoms with E-state index in [-0.39, 0.29) is 11.9 Å². The van der Waals surface area contributed by atoms with E-state index in [9.17, 15) is 4.79 Å². The summed E-state index contributed by atoms with van der Waals surface area (Å²) in [6.45, 7) is 13.6. The molecule has 1 rings (SSSR count). The highest BCUT2D eigenvalue weighted by Crippen LogP contribution is 2.11. The Bertz CT molecular complexity index is 285. The van der Waals surface area contributed by atoms with E-state index in [0.717, 1.165) is 19.6 Å². The molecule has 2 unspecified atom stereocenters. The average Bonchev–Trinajstić information content (AvgIpc) is 2.86. The predicted molar refractivity (Wildman–Crippen MR) is 80.1 cm³/mol. The summed E-state index contributed by atoms with van der Waals surface area (Å²) < 4.78 is 0. The highest BCUT2D eigenvalue weighted by atomic mass is 16.2.